The van der Waals surface area contributed by atoms with E-state index in [0.29, 0.717) is 30.8 Å². The first-order valence-electron chi connectivity index (χ1n) is 10.8. The molecule has 2 saturated heterocycles. The summed E-state index contributed by atoms with van der Waals surface area (Å²) in [6, 6.07) is 15.2. The molecule has 160 valence electrons. The standard InChI is InChI=1S/C23H29N3O3S/c27-23(20-7-6-8-22(17-20)26-15-4-5-16-30(26,28)29)24-18-19-9-11-21(12-10-19)25-13-2-1-3-14-25/h6-12,17H,1-5,13-16,18H2,(H,24,27). The van der Waals surface area contributed by atoms with Crippen LogP contribution in [0.2, 0.25) is 0 Å². The molecule has 2 heterocycles. The van der Waals surface area contributed by atoms with Gasteiger partial charge in [0.1, 0.15) is 0 Å². The molecule has 0 atom stereocenters. The average Bonchev–Trinajstić information content (AvgIpc) is 2.78. The summed E-state index contributed by atoms with van der Waals surface area (Å²) in [5.74, 6) is -0.0389. The van der Waals surface area contributed by atoms with E-state index in [4.69, 9.17) is 0 Å². The van der Waals surface area contributed by atoms with E-state index in [9.17, 15) is 13.2 Å². The first-order valence-corrected chi connectivity index (χ1v) is 12.4. The summed E-state index contributed by atoms with van der Waals surface area (Å²) in [6.45, 7) is 3.13. The van der Waals surface area contributed by atoms with Gasteiger partial charge < -0.3 is 10.2 Å². The van der Waals surface area contributed by atoms with Gasteiger partial charge in [0.25, 0.3) is 5.91 Å². The van der Waals surface area contributed by atoms with Crippen LogP contribution in [-0.4, -0.2) is 39.7 Å². The molecule has 7 heteroatoms. The molecule has 1 N–H and O–H groups in total. The largest absolute Gasteiger partial charge is 0.372 e. The van der Waals surface area contributed by atoms with E-state index in [0.717, 1.165) is 25.1 Å². The Morgan fingerprint density at radius 1 is 0.867 bits per heavy atom. The third kappa shape index (κ3) is 4.78. The molecule has 0 radical (unpaired) electrons. The fourth-order valence-corrected chi connectivity index (χ4v) is 5.77. The van der Waals surface area contributed by atoms with Crippen molar-refractivity contribution in [2.45, 2.75) is 38.6 Å². The highest BCUT2D eigenvalue weighted by molar-refractivity contribution is 7.92. The molecule has 2 fully saturated rings. The van der Waals surface area contributed by atoms with Crippen molar-refractivity contribution in [2.24, 2.45) is 0 Å². The molecule has 4 rings (SSSR count). The number of piperidine rings is 1. The predicted octanol–water partition coefficient (Wildman–Crippen LogP) is 3.54. The number of nitrogens with zero attached hydrogens (tertiary/aromatic N) is 2. The van der Waals surface area contributed by atoms with Crippen molar-refractivity contribution in [2.75, 3.05) is 34.6 Å². The van der Waals surface area contributed by atoms with E-state index < -0.39 is 10.0 Å². The minimum absolute atomic E-state index is 0.164. The second-order valence-electron chi connectivity index (χ2n) is 8.04. The van der Waals surface area contributed by atoms with Crippen molar-refractivity contribution >= 4 is 27.3 Å². The summed E-state index contributed by atoms with van der Waals surface area (Å²) in [5.41, 5.74) is 3.31. The van der Waals surface area contributed by atoms with E-state index in [1.54, 1.807) is 24.3 Å². The number of rotatable bonds is 5. The quantitative estimate of drug-likeness (QED) is 0.792. The van der Waals surface area contributed by atoms with Gasteiger partial charge in [0.15, 0.2) is 0 Å². The Balaban J connectivity index is 1.38. The molecule has 2 aromatic rings. The van der Waals surface area contributed by atoms with Gasteiger partial charge in [-0.3, -0.25) is 9.10 Å². The third-order valence-electron chi connectivity index (χ3n) is 5.86. The van der Waals surface area contributed by atoms with Gasteiger partial charge in [-0.1, -0.05) is 18.2 Å². The van der Waals surface area contributed by atoms with E-state index >= 15 is 0 Å². The van der Waals surface area contributed by atoms with Crippen molar-refractivity contribution < 1.29 is 13.2 Å². The van der Waals surface area contributed by atoms with Crippen molar-refractivity contribution in [3.8, 4) is 0 Å². The summed E-state index contributed by atoms with van der Waals surface area (Å²) in [5, 5.41) is 2.94. The van der Waals surface area contributed by atoms with Gasteiger partial charge in [0, 0.05) is 37.4 Å². The number of carbonyl (C=O) groups is 1. The van der Waals surface area contributed by atoms with Gasteiger partial charge in [-0.05, 0) is 68.0 Å². The Morgan fingerprint density at radius 2 is 1.60 bits per heavy atom. The molecule has 0 bridgehead atoms. The van der Waals surface area contributed by atoms with Gasteiger partial charge in [0.05, 0.1) is 11.4 Å². The van der Waals surface area contributed by atoms with Gasteiger partial charge >= 0.3 is 0 Å². The first kappa shape index (κ1) is 20.7. The van der Waals surface area contributed by atoms with Gasteiger partial charge in [-0.15, -0.1) is 0 Å². The molecule has 1 amide bonds. The van der Waals surface area contributed by atoms with Gasteiger partial charge in [0.2, 0.25) is 10.0 Å². The van der Waals surface area contributed by atoms with Gasteiger partial charge in [-0.2, -0.15) is 0 Å². The molecule has 2 aliphatic heterocycles. The first-order chi connectivity index (χ1) is 14.5. The van der Waals surface area contributed by atoms with Crippen LogP contribution in [0.5, 0.6) is 0 Å². The summed E-state index contributed by atoms with van der Waals surface area (Å²) < 4.78 is 26.1. The number of anilines is 2. The van der Waals surface area contributed by atoms with E-state index in [-0.39, 0.29) is 11.7 Å². The molecule has 2 aromatic carbocycles. The van der Waals surface area contributed by atoms with E-state index in [1.165, 1.54) is 29.3 Å². The van der Waals surface area contributed by atoms with Crippen LogP contribution in [0.25, 0.3) is 0 Å². The van der Waals surface area contributed by atoms with Crippen LogP contribution in [0, 0.1) is 0 Å². The Morgan fingerprint density at radius 3 is 2.33 bits per heavy atom. The van der Waals surface area contributed by atoms with Crippen molar-refractivity contribution in [3.63, 3.8) is 0 Å². The molecule has 6 nitrogen and oxygen atoms in total. The van der Waals surface area contributed by atoms with Gasteiger partial charge in [-0.25, -0.2) is 8.42 Å². The van der Waals surface area contributed by atoms with Crippen LogP contribution >= 0.6 is 0 Å². The summed E-state index contributed by atoms with van der Waals surface area (Å²) in [6.07, 6.45) is 5.33. The zero-order chi connectivity index (χ0) is 21.0. The molecule has 30 heavy (non-hydrogen) atoms. The number of sulfonamides is 1. The number of benzene rings is 2. The van der Waals surface area contributed by atoms with Crippen molar-refractivity contribution in [1.29, 1.82) is 0 Å². The van der Waals surface area contributed by atoms with Crippen molar-refractivity contribution in [3.05, 3.63) is 59.7 Å². The zero-order valence-corrected chi connectivity index (χ0v) is 18.0. The summed E-state index contributed by atoms with van der Waals surface area (Å²) in [7, 11) is -3.29. The molecule has 0 spiro atoms. The lowest BCUT2D eigenvalue weighted by Gasteiger charge is -2.29. The highest BCUT2D eigenvalue weighted by Crippen LogP contribution is 2.24. The number of amides is 1. The molecule has 0 unspecified atom stereocenters. The molecular weight excluding hydrogens is 398 g/mol. The molecule has 0 aliphatic carbocycles. The van der Waals surface area contributed by atoms with Crippen LogP contribution in [0.15, 0.2) is 48.5 Å². The minimum atomic E-state index is -3.29. The molecule has 0 saturated carbocycles. The number of carbonyl (C=O) groups excluding carboxylic acids is 1. The number of hydrogen-bond acceptors (Lipinski definition) is 4. The number of hydrogen-bond donors (Lipinski definition) is 1. The Bertz CT molecular complexity index is 983. The lowest BCUT2D eigenvalue weighted by atomic mass is 10.1. The lowest BCUT2D eigenvalue weighted by molar-refractivity contribution is 0.0951. The van der Waals surface area contributed by atoms with Crippen LogP contribution in [0.3, 0.4) is 0 Å². The third-order valence-corrected chi connectivity index (χ3v) is 7.73. The SMILES string of the molecule is O=C(NCc1ccc(N2CCCCC2)cc1)c1cccc(N2CCCCS2(=O)=O)c1. The van der Waals surface area contributed by atoms with Crippen LogP contribution in [0.1, 0.15) is 48.0 Å². The fraction of sp³-hybridized carbons (Fsp3) is 0.435. The second-order valence-corrected chi connectivity index (χ2v) is 10.1. The molecule has 2 aliphatic rings. The monoisotopic (exact) mass is 427 g/mol. The Kier molecular flexibility index (Phi) is 6.27. The maximum Gasteiger partial charge on any atom is 0.251 e. The molecular formula is C23H29N3O3S. The van der Waals surface area contributed by atoms with Crippen LogP contribution in [0.4, 0.5) is 11.4 Å². The normalized spacial score (nSPS) is 18.8. The highest BCUT2D eigenvalue weighted by atomic mass is 32.2. The Hall–Kier alpha value is -2.54. The maximum absolute atomic E-state index is 12.6. The van der Waals surface area contributed by atoms with Crippen molar-refractivity contribution in [1.82, 2.24) is 5.32 Å². The van der Waals surface area contributed by atoms with E-state index in [1.807, 2.05) is 0 Å². The van der Waals surface area contributed by atoms with E-state index in [2.05, 4.69) is 34.5 Å². The average molecular weight is 428 g/mol. The zero-order valence-electron chi connectivity index (χ0n) is 17.2. The summed E-state index contributed by atoms with van der Waals surface area (Å²) in [4.78, 5) is 15.1. The lowest BCUT2D eigenvalue weighted by Crippen LogP contribution is -2.38. The highest BCUT2D eigenvalue weighted by Gasteiger charge is 2.26. The maximum atomic E-state index is 12.6. The molecule has 0 aromatic heterocycles. The second kappa shape index (κ2) is 9.08. The summed E-state index contributed by atoms with van der Waals surface area (Å²) >= 11 is 0. The topological polar surface area (TPSA) is 69.7 Å². The predicted molar refractivity (Wildman–Crippen MR) is 120 cm³/mol. The van der Waals surface area contributed by atoms with Crippen LogP contribution in [-0.2, 0) is 16.6 Å². The van der Waals surface area contributed by atoms with Crippen LogP contribution < -0.4 is 14.5 Å². The Labute approximate surface area is 178 Å². The fourth-order valence-electron chi connectivity index (χ4n) is 4.14. The smallest absolute Gasteiger partial charge is 0.251 e. The number of nitrogens with one attached hydrogen (secondary N) is 1. The minimum Gasteiger partial charge on any atom is -0.372 e.